The molecule has 0 bridgehead atoms. The van der Waals surface area contributed by atoms with Gasteiger partial charge in [-0.1, -0.05) is 30.4 Å². The summed E-state index contributed by atoms with van der Waals surface area (Å²) in [5.74, 6) is -0.185. The van der Waals surface area contributed by atoms with Gasteiger partial charge >= 0.3 is 0 Å². The van der Waals surface area contributed by atoms with E-state index in [4.69, 9.17) is 0 Å². The number of H-pyrrole nitrogens is 1. The first kappa shape index (κ1) is 15.7. The summed E-state index contributed by atoms with van der Waals surface area (Å²) < 4.78 is 0. The van der Waals surface area contributed by atoms with E-state index in [1.54, 1.807) is 4.90 Å². The molecule has 2 N–H and O–H groups in total. The first-order valence-corrected chi connectivity index (χ1v) is 8.84. The van der Waals surface area contributed by atoms with Gasteiger partial charge in [0.1, 0.15) is 5.01 Å². The first-order chi connectivity index (χ1) is 12.2. The molecule has 8 nitrogen and oxygen atoms in total. The summed E-state index contributed by atoms with van der Waals surface area (Å²) in [6.07, 6.45) is 0.932. The zero-order valence-corrected chi connectivity index (χ0v) is 14.3. The van der Waals surface area contributed by atoms with E-state index < -0.39 is 5.92 Å². The fourth-order valence-electron chi connectivity index (χ4n) is 2.90. The molecule has 1 fully saturated rings. The Labute approximate surface area is 147 Å². The minimum atomic E-state index is -0.433. The van der Waals surface area contributed by atoms with Gasteiger partial charge in [-0.2, -0.15) is 5.10 Å². The van der Waals surface area contributed by atoms with Crippen molar-refractivity contribution >= 4 is 45.0 Å². The number of rotatable bonds is 4. The van der Waals surface area contributed by atoms with Crippen molar-refractivity contribution in [1.82, 2.24) is 20.4 Å². The van der Waals surface area contributed by atoms with Crippen molar-refractivity contribution < 1.29 is 9.59 Å². The number of hydrogen-bond donors (Lipinski definition) is 2. The molecule has 0 radical (unpaired) electrons. The summed E-state index contributed by atoms with van der Waals surface area (Å²) >= 11 is 1.35. The highest BCUT2D eigenvalue weighted by molar-refractivity contribution is 7.15. The van der Waals surface area contributed by atoms with Gasteiger partial charge in [-0.15, -0.1) is 10.2 Å². The second kappa shape index (κ2) is 6.25. The summed E-state index contributed by atoms with van der Waals surface area (Å²) in [7, 11) is 0. The monoisotopic (exact) mass is 356 g/mol. The van der Waals surface area contributed by atoms with E-state index in [2.05, 4.69) is 25.7 Å². The lowest BCUT2D eigenvalue weighted by molar-refractivity contribution is -0.122. The number of anilines is 2. The number of para-hydroxylation sites is 1. The number of benzene rings is 1. The highest BCUT2D eigenvalue weighted by Gasteiger charge is 2.37. The van der Waals surface area contributed by atoms with Crippen LogP contribution in [0.1, 0.15) is 18.4 Å². The molecule has 4 rings (SSSR count). The van der Waals surface area contributed by atoms with E-state index in [1.807, 2.05) is 31.2 Å². The molecule has 25 heavy (non-hydrogen) atoms. The highest BCUT2D eigenvalue weighted by atomic mass is 32.1. The molecule has 1 saturated heterocycles. The Balaban J connectivity index is 1.51. The van der Waals surface area contributed by atoms with E-state index >= 15 is 0 Å². The summed E-state index contributed by atoms with van der Waals surface area (Å²) in [6.45, 7) is 2.28. The molecule has 1 aliphatic heterocycles. The fourth-order valence-corrected chi connectivity index (χ4v) is 3.58. The Bertz CT molecular complexity index is 949. The van der Waals surface area contributed by atoms with E-state index in [0.29, 0.717) is 17.5 Å². The standard InChI is InChI=1S/C16H16N6O2S/c1-2-12-19-21-16(25-12)17-15(24)9-7-13(23)22(8-9)14-10-5-3-4-6-11(10)18-20-14/h3-6,9H,2,7-8H2,1H3,(H,18,20)(H,17,21,24)/t9-/m0/s1. The Morgan fingerprint density at radius 1 is 1.40 bits per heavy atom. The lowest BCUT2D eigenvalue weighted by Crippen LogP contribution is -2.28. The van der Waals surface area contributed by atoms with Crippen LogP contribution in [0.25, 0.3) is 10.9 Å². The summed E-state index contributed by atoms with van der Waals surface area (Å²) in [5, 5.41) is 20.1. The van der Waals surface area contributed by atoms with Crippen LogP contribution in [0.2, 0.25) is 0 Å². The van der Waals surface area contributed by atoms with E-state index in [-0.39, 0.29) is 18.2 Å². The van der Waals surface area contributed by atoms with Gasteiger partial charge in [0.2, 0.25) is 16.9 Å². The van der Waals surface area contributed by atoms with Crippen molar-refractivity contribution in [2.45, 2.75) is 19.8 Å². The normalized spacial score (nSPS) is 17.4. The summed E-state index contributed by atoms with van der Waals surface area (Å²) in [5.41, 5.74) is 0.860. The van der Waals surface area contributed by atoms with Crippen LogP contribution in [-0.2, 0) is 16.0 Å². The Kier molecular flexibility index (Phi) is 3.92. The topological polar surface area (TPSA) is 104 Å². The van der Waals surface area contributed by atoms with Crippen LogP contribution in [0.3, 0.4) is 0 Å². The van der Waals surface area contributed by atoms with Gasteiger partial charge in [-0.3, -0.25) is 19.6 Å². The molecule has 3 aromatic rings. The van der Waals surface area contributed by atoms with Crippen LogP contribution in [0.5, 0.6) is 0 Å². The molecule has 0 spiro atoms. The van der Waals surface area contributed by atoms with Crippen molar-refractivity contribution in [1.29, 1.82) is 0 Å². The molecule has 3 heterocycles. The van der Waals surface area contributed by atoms with Gasteiger partial charge in [0.25, 0.3) is 0 Å². The number of carbonyl (C=O) groups is 2. The predicted octanol–water partition coefficient (Wildman–Crippen LogP) is 1.97. The largest absolute Gasteiger partial charge is 0.300 e. The third-order valence-corrected chi connectivity index (χ3v) is 5.18. The molecule has 0 saturated carbocycles. The van der Waals surface area contributed by atoms with Crippen LogP contribution < -0.4 is 10.2 Å². The van der Waals surface area contributed by atoms with Crippen molar-refractivity contribution in [3.05, 3.63) is 29.3 Å². The van der Waals surface area contributed by atoms with E-state index in [1.165, 1.54) is 11.3 Å². The van der Waals surface area contributed by atoms with Crippen molar-refractivity contribution in [2.24, 2.45) is 5.92 Å². The zero-order valence-electron chi connectivity index (χ0n) is 13.5. The SMILES string of the molecule is CCc1nnc(NC(=O)[C@H]2CC(=O)N(c3n[nH]c4ccccc34)C2)s1. The molecule has 2 amide bonds. The summed E-state index contributed by atoms with van der Waals surface area (Å²) in [4.78, 5) is 26.4. The molecule has 128 valence electrons. The number of aryl methyl sites for hydroxylation is 1. The number of nitrogens with zero attached hydrogens (tertiary/aromatic N) is 4. The van der Waals surface area contributed by atoms with Crippen LogP contribution in [0, 0.1) is 5.92 Å². The summed E-state index contributed by atoms with van der Waals surface area (Å²) in [6, 6.07) is 7.60. The van der Waals surface area contributed by atoms with E-state index in [0.717, 1.165) is 22.3 Å². The van der Waals surface area contributed by atoms with Gasteiger partial charge in [0, 0.05) is 18.4 Å². The Morgan fingerprint density at radius 2 is 2.24 bits per heavy atom. The molecule has 1 atom stereocenters. The second-order valence-corrected chi connectivity index (χ2v) is 6.90. The van der Waals surface area contributed by atoms with Gasteiger partial charge in [0.05, 0.1) is 11.4 Å². The maximum absolute atomic E-state index is 12.5. The fraction of sp³-hybridized carbons (Fsp3) is 0.312. The number of fused-ring (bicyclic) bond motifs is 1. The van der Waals surface area contributed by atoms with Gasteiger partial charge in [0.15, 0.2) is 5.82 Å². The number of aromatic nitrogens is 4. The van der Waals surface area contributed by atoms with Crippen molar-refractivity contribution in [3.8, 4) is 0 Å². The maximum atomic E-state index is 12.5. The molecule has 9 heteroatoms. The van der Waals surface area contributed by atoms with Crippen LogP contribution in [0.4, 0.5) is 10.9 Å². The third-order valence-electron chi connectivity index (χ3n) is 4.20. The maximum Gasteiger partial charge on any atom is 0.231 e. The van der Waals surface area contributed by atoms with Gasteiger partial charge in [-0.25, -0.2) is 0 Å². The number of hydrogen-bond acceptors (Lipinski definition) is 6. The Morgan fingerprint density at radius 3 is 3.04 bits per heavy atom. The minimum absolute atomic E-state index is 0.107. The first-order valence-electron chi connectivity index (χ1n) is 8.02. The average molecular weight is 356 g/mol. The molecular formula is C16H16N6O2S. The Hall–Kier alpha value is -2.81. The van der Waals surface area contributed by atoms with Crippen molar-refractivity contribution in [3.63, 3.8) is 0 Å². The second-order valence-electron chi connectivity index (χ2n) is 5.84. The smallest absolute Gasteiger partial charge is 0.231 e. The van der Waals surface area contributed by atoms with E-state index in [9.17, 15) is 9.59 Å². The number of aromatic amines is 1. The van der Waals surface area contributed by atoms with Crippen LogP contribution in [-0.4, -0.2) is 38.8 Å². The van der Waals surface area contributed by atoms with Crippen molar-refractivity contribution in [2.75, 3.05) is 16.8 Å². The lowest BCUT2D eigenvalue weighted by Gasteiger charge is -2.13. The minimum Gasteiger partial charge on any atom is -0.300 e. The number of amides is 2. The molecule has 1 aromatic carbocycles. The molecule has 2 aromatic heterocycles. The average Bonchev–Trinajstić information content (AvgIpc) is 3.32. The lowest BCUT2D eigenvalue weighted by atomic mass is 10.1. The van der Waals surface area contributed by atoms with Gasteiger partial charge < -0.3 is 5.32 Å². The predicted molar refractivity (Wildman–Crippen MR) is 94.5 cm³/mol. The van der Waals surface area contributed by atoms with Crippen LogP contribution in [0.15, 0.2) is 24.3 Å². The quantitative estimate of drug-likeness (QED) is 0.744. The van der Waals surface area contributed by atoms with Crippen LogP contribution >= 0.6 is 11.3 Å². The van der Waals surface area contributed by atoms with Gasteiger partial charge in [-0.05, 0) is 18.6 Å². The molecule has 1 aliphatic rings. The number of carbonyl (C=O) groups excluding carboxylic acids is 2. The zero-order chi connectivity index (χ0) is 17.4. The third kappa shape index (κ3) is 2.86. The number of nitrogens with one attached hydrogen (secondary N) is 2. The highest BCUT2D eigenvalue weighted by Crippen LogP contribution is 2.30. The molecular weight excluding hydrogens is 340 g/mol. The molecule has 0 aliphatic carbocycles. The molecule has 0 unspecified atom stereocenters.